The van der Waals surface area contributed by atoms with Crippen molar-refractivity contribution in [1.82, 2.24) is 0 Å². The first-order valence-corrected chi connectivity index (χ1v) is 17.1. The highest BCUT2D eigenvalue weighted by Crippen LogP contribution is 2.33. The Bertz CT molecular complexity index is 1590. The van der Waals surface area contributed by atoms with Crippen LogP contribution < -0.4 is 0 Å². The summed E-state index contributed by atoms with van der Waals surface area (Å²) >= 11 is 0. The first-order valence-electron chi connectivity index (χ1n) is 17.1. The van der Waals surface area contributed by atoms with Crippen LogP contribution in [0.25, 0.3) is 6.08 Å². The topological polar surface area (TPSA) is 304 Å². The number of hydrogen-bond donors (Lipinski definition) is 11. The molecular formula is C35H46O19. The highest BCUT2D eigenvalue weighted by molar-refractivity contribution is 5.87. The minimum atomic E-state index is -1.86. The minimum Gasteiger partial charge on any atom is -0.504 e. The molecule has 0 aliphatic carbocycles. The highest BCUT2D eigenvalue weighted by atomic mass is 16.8. The molecule has 11 N–H and O–H groups in total. The van der Waals surface area contributed by atoms with Crippen molar-refractivity contribution in [2.45, 2.75) is 112 Å². The fourth-order valence-electron chi connectivity index (χ4n) is 6.08. The maximum absolute atomic E-state index is 13.3. The van der Waals surface area contributed by atoms with Crippen LogP contribution in [0.1, 0.15) is 25.0 Å². The van der Waals surface area contributed by atoms with Gasteiger partial charge in [-0.3, -0.25) is 0 Å². The Labute approximate surface area is 308 Å². The molecule has 2 aromatic rings. The van der Waals surface area contributed by atoms with E-state index >= 15 is 0 Å². The molecule has 0 radical (unpaired) electrons. The third kappa shape index (κ3) is 9.58. The van der Waals surface area contributed by atoms with Crippen LogP contribution in [-0.4, -0.2) is 167 Å². The fraction of sp³-hybridized carbons (Fsp3) is 0.571. The molecule has 0 unspecified atom stereocenters. The number of aliphatic hydroxyl groups excluding tert-OH is 7. The third-order valence-electron chi connectivity index (χ3n) is 9.32. The Balaban J connectivity index is 1.43. The molecule has 5 rings (SSSR count). The zero-order valence-corrected chi connectivity index (χ0v) is 29.1. The van der Waals surface area contributed by atoms with Gasteiger partial charge in [0.15, 0.2) is 48.0 Å². The molecule has 0 saturated carbocycles. The molecule has 0 spiro atoms. The van der Waals surface area contributed by atoms with E-state index in [1.807, 2.05) is 0 Å². The van der Waals surface area contributed by atoms with E-state index in [1.165, 1.54) is 56.3 Å². The highest BCUT2D eigenvalue weighted by Gasteiger charge is 2.53. The van der Waals surface area contributed by atoms with Gasteiger partial charge in [-0.1, -0.05) is 12.1 Å². The van der Waals surface area contributed by atoms with Gasteiger partial charge in [-0.25, -0.2) is 4.79 Å². The molecule has 19 nitrogen and oxygen atoms in total. The smallest absolute Gasteiger partial charge is 0.331 e. The van der Waals surface area contributed by atoms with E-state index in [-0.39, 0.29) is 30.1 Å². The van der Waals surface area contributed by atoms with E-state index in [9.17, 15) is 61.0 Å². The summed E-state index contributed by atoms with van der Waals surface area (Å²) in [5.74, 6) is -2.62. The predicted octanol–water partition coefficient (Wildman–Crippen LogP) is -2.16. The summed E-state index contributed by atoms with van der Waals surface area (Å²) in [5.41, 5.74) is 0.811. The molecular weight excluding hydrogens is 724 g/mol. The van der Waals surface area contributed by atoms with Crippen LogP contribution in [0, 0.1) is 0 Å². The number of aliphatic hydroxyl groups is 7. The number of hydrogen-bond acceptors (Lipinski definition) is 19. The van der Waals surface area contributed by atoms with Gasteiger partial charge in [0, 0.05) is 6.08 Å². The first kappa shape index (κ1) is 41.5. The minimum absolute atomic E-state index is 0.134. The zero-order valence-electron chi connectivity index (χ0n) is 29.1. The van der Waals surface area contributed by atoms with E-state index in [1.54, 1.807) is 0 Å². The van der Waals surface area contributed by atoms with Crippen LogP contribution in [0.15, 0.2) is 42.5 Å². The molecule has 19 heteroatoms. The Morgan fingerprint density at radius 2 is 1.22 bits per heavy atom. The van der Waals surface area contributed by atoms with Gasteiger partial charge in [-0.2, -0.15) is 0 Å². The van der Waals surface area contributed by atoms with Crippen LogP contribution >= 0.6 is 0 Å². The summed E-state index contributed by atoms with van der Waals surface area (Å²) in [4.78, 5) is 13.3. The molecule has 2 aromatic carbocycles. The number of rotatable bonds is 12. The average molecular weight is 771 g/mol. The van der Waals surface area contributed by atoms with Crippen molar-refractivity contribution < 1.29 is 94.1 Å². The molecule has 0 bridgehead atoms. The zero-order chi connectivity index (χ0) is 39.4. The monoisotopic (exact) mass is 770 g/mol. The van der Waals surface area contributed by atoms with Crippen molar-refractivity contribution in [3.05, 3.63) is 53.6 Å². The van der Waals surface area contributed by atoms with E-state index in [4.69, 9.17) is 33.2 Å². The maximum atomic E-state index is 13.3. The van der Waals surface area contributed by atoms with Gasteiger partial charge in [0.1, 0.15) is 54.9 Å². The summed E-state index contributed by atoms with van der Waals surface area (Å²) in [7, 11) is 0. The van der Waals surface area contributed by atoms with Gasteiger partial charge in [-0.05, 0) is 61.7 Å². The normalized spacial score (nSPS) is 37.3. The van der Waals surface area contributed by atoms with Gasteiger partial charge >= 0.3 is 5.97 Å². The Morgan fingerprint density at radius 1 is 0.648 bits per heavy atom. The Hall–Kier alpha value is -3.67. The number of esters is 1. The van der Waals surface area contributed by atoms with Crippen molar-refractivity contribution >= 4 is 12.0 Å². The molecule has 15 atom stereocenters. The van der Waals surface area contributed by atoms with Crippen molar-refractivity contribution in [2.24, 2.45) is 0 Å². The second-order valence-electron chi connectivity index (χ2n) is 13.3. The maximum Gasteiger partial charge on any atom is 0.331 e. The molecule has 3 heterocycles. The van der Waals surface area contributed by atoms with Crippen LogP contribution in [0.5, 0.6) is 23.0 Å². The van der Waals surface area contributed by atoms with Gasteiger partial charge in [0.2, 0.25) is 0 Å². The number of ether oxygens (including phenoxy) is 7. The lowest BCUT2D eigenvalue weighted by Crippen LogP contribution is -2.65. The van der Waals surface area contributed by atoms with Crippen LogP contribution in [-0.2, 0) is 44.4 Å². The van der Waals surface area contributed by atoms with Crippen molar-refractivity contribution in [2.75, 3.05) is 13.2 Å². The fourth-order valence-corrected chi connectivity index (χ4v) is 6.08. The second kappa shape index (κ2) is 17.9. The molecule has 54 heavy (non-hydrogen) atoms. The van der Waals surface area contributed by atoms with Crippen LogP contribution in [0.4, 0.5) is 0 Å². The summed E-state index contributed by atoms with van der Waals surface area (Å²) in [6, 6.07) is 7.83. The number of phenols is 4. The molecule has 3 aliphatic rings. The van der Waals surface area contributed by atoms with Crippen molar-refractivity contribution in [1.29, 1.82) is 0 Å². The predicted molar refractivity (Wildman–Crippen MR) is 178 cm³/mol. The largest absolute Gasteiger partial charge is 0.504 e. The van der Waals surface area contributed by atoms with Gasteiger partial charge in [0.25, 0.3) is 0 Å². The van der Waals surface area contributed by atoms with Gasteiger partial charge < -0.3 is 89.3 Å². The van der Waals surface area contributed by atoms with E-state index in [0.717, 1.165) is 6.08 Å². The summed E-state index contributed by atoms with van der Waals surface area (Å²) in [6.07, 6.45) is -21.1. The molecule has 3 aliphatic heterocycles. The van der Waals surface area contributed by atoms with Crippen LogP contribution in [0.3, 0.4) is 0 Å². The molecule has 0 amide bonds. The van der Waals surface area contributed by atoms with Crippen LogP contribution in [0.2, 0.25) is 0 Å². The number of carbonyl (C=O) groups is 1. The summed E-state index contributed by atoms with van der Waals surface area (Å²) in [5, 5.41) is 113. The second-order valence-corrected chi connectivity index (χ2v) is 13.3. The molecule has 300 valence electrons. The third-order valence-corrected chi connectivity index (χ3v) is 9.32. The van der Waals surface area contributed by atoms with E-state index in [2.05, 4.69) is 0 Å². The lowest BCUT2D eigenvalue weighted by Gasteiger charge is -2.47. The number of carbonyl (C=O) groups excluding carboxylic acids is 1. The van der Waals surface area contributed by atoms with Crippen molar-refractivity contribution in [3.63, 3.8) is 0 Å². The molecule has 0 aromatic heterocycles. The lowest BCUT2D eigenvalue weighted by atomic mass is 9.96. The van der Waals surface area contributed by atoms with Crippen molar-refractivity contribution in [3.8, 4) is 23.0 Å². The average Bonchev–Trinajstić information content (AvgIpc) is 3.14. The number of benzene rings is 2. The summed E-state index contributed by atoms with van der Waals surface area (Å²) < 4.78 is 40.4. The quantitative estimate of drug-likeness (QED) is 0.0622. The van der Waals surface area contributed by atoms with Gasteiger partial charge in [0.05, 0.1) is 25.4 Å². The first-order chi connectivity index (χ1) is 25.5. The number of phenolic OH excluding ortho intramolecular Hbond substituents is 4. The SMILES string of the molecule is C[C@@H]1O[C@@H](O[C@H]2[C@H](O)[C@@H](OCCc3ccc(O)c(O)c3)O[C@@H](CO[C@@H]3O[C@@H](C)[C@@H](O)[C@H](O)[C@H]3O)[C@@H]2OC(=O)/C=C/c2ccc(O)c(O)c2)[C@@H](O)[C@@H](O)[C@H]1O. The lowest BCUT2D eigenvalue weighted by molar-refractivity contribution is -0.363. The Morgan fingerprint density at radius 3 is 1.85 bits per heavy atom. The van der Waals surface area contributed by atoms with E-state index in [0.29, 0.717) is 5.56 Å². The van der Waals surface area contributed by atoms with Gasteiger partial charge in [-0.15, -0.1) is 0 Å². The Kier molecular flexibility index (Phi) is 13.7. The molecule has 3 saturated heterocycles. The summed E-state index contributed by atoms with van der Waals surface area (Å²) in [6.45, 7) is 2.06. The molecule has 3 fully saturated rings. The number of aromatic hydroxyl groups is 4. The standard InChI is InChI=1S/C35H46O19/c1-14-24(41)26(43)28(45)33(50-14)49-13-22-31(53-23(40)8-5-16-3-6-18(36)20(38)11-16)32(54-35-29(46)27(44)25(42)15(2)51-35)30(47)34(52-22)48-10-9-17-4-7-19(37)21(39)12-17/h3-8,11-12,14-15,22,24-39,41-47H,9-10,13H2,1-2H3/b8-5+/t14-,15-,22-,24+,25-,26-,27-,28+,29-,30-,31-,32-,33+,34-,35-/m0/s1. The van der Waals surface area contributed by atoms with E-state index < -0.39 is 116 Å².